The molecule has 0 radical (unpaired) electrons. The van der Waals surface area contributed by atoms with Gasteiger partial charge in [0, 0.05) is 48.8 Å². The number of benzene rings is 1. The third-order valence-corrected chi connectivity index (χ3v) is 7.71. The van der Waals surface area contributed by atoms with Gasteiger partial charge >= 0.3 is 0 Å². The van der Waals surface area contributed by atoms with Crippen molar-refractivity contribution in [2.24, 2.45) is 5.92 Å². The molecule has 3 aromatic rings. The van der Waals surface area contributed by atoms with E-state index < -0.39 is 0 Å². The minimum absolute atomic E-state index is 0.0168. The molecule has 188 valence electrons. The minimum atomic E-state index is -0.149. The predicted molar refractivity (Wildman–Crippen MR) is 144 cm³/mol. The lowest BCUT2D eigenvalue weighted by Gasteiger charge is -2.40. The number of anilines is 2. The molecule has 2 aromatic heterocycles. The molecule has 2 N–H and O–H groups in total. The van der Waals surface area contributed by atoms with Gasteiger partial charge in [0.2, 0.25) is 11.5 Å². The lowest BCUT2D eigenvalue weighted by atomic mass is 10.0. The number of pyridine rings is 2. The molecular formula is C27H31N5O3S. The van der Waals surface area contributed by atoms with Gasteiger partial charge in [0.05, 0.1) is 7.11 Å². The highest BCUT2D eigenvalue weighted by molar-refractivity contribution is 7.97. The van der Waals surface area contributed by atoms with Gasteiger partial charge in [-0.3, -0.25) is 9.59 Å². The van der Waals surface area contributed by atoms with Crippen LogP contribution in [0.2, 0.25) is 0 Å². The topological polar surface area (TPSA) is 90.6 Å². The standard InChI is InChI=1S/C27H31N5O3S/c1-17-15-28-24(29-27(34)19-4-5-19)14-23(17)20-12-25(30-26(33)13-20)32-11-10-31(16-18(32)2)36-22-8-6-21(35-3)7-9-22/h6-9,12-15,18-19H,4-5,10-11,16H2,1-3H3,(H,30,33)(H,28,29,34). The Kier molecular flexibility index (Phi) is 7.02. The predicted octanol–water partition coefficient (Wildman–Crippen LogP) is 4.32. The van der Waals surface area contributed by atoms with E-state index in [9.17, 15) is 9.59 Å². The maximum absolute atomic E-state index is 12.7. The van der Waals surface area contributed by atoms with Crippen LogP contribution in [0.5, 0.6) is 5.75 Å². The van der Waals surface area contributed by atoms with Crippen molar-refractivity contribution in [3.05, 3.63) is 64.6 Å². The Hall–Kier alpha value is -3.30. The third kappa shape index (κ3) is 5.57. The maximum atomic E-state index is 12.7. The van der Waals surface area contributed by atoms with Gasteiger partial charge in [-0.1, -0.05) is 0 Å². The van der Waals surface area contributed by atoms with E-state index in [0.29, 0.717) is 5.82 Å². The Bertz CT molecular complexity index is 1310. The molecule has 5 rings (SSSR count). The van der Waals surface area contributed by atoms with Gasteiger partial charge in [0.1, 0.15) is 17.4 Å². The van der Waals surface area contributed by atoms with Gasteiger partial charge in [-0.05, 0) is 91.7 Å². The fourth-order valence-electron chi connectivity index (χ4n) is 4.47. The van der Waals surface area contributed by atoms with Crippen LogP contribution in [0.4, 0.5) is 11.6 Å². The van der Waals surface area contributed by atoms with Crippen LogP contribution in [0.15, 0.2) is 58.4 Å². The number of carbonyl (C=O) groups excluding carboxylic acids is 1. The van der Waals surface area contributed by atoms with Crippen LogP contribution in [-0.2, 0) is 4.79 Å². The molecule has 1 unspecified atom stereocenters. The summed E-state index contributed by atoms with van der Waals surface area (Å²) in [6, 6.07) is 13.8. The Balaban J connectivity index is 1.32. The van der Waals surface area contributed by atoms with Gasteiger partial charge in [-0.2, -0.15) is 0 Å². The second-order valence-electron chi connectivity index (χ2n) is 9.46. The van der Waals surface area contributed by atoms with Crippen molar-refractivity contribution in [1.29, 1.82) is 0 Å². The molecule has 3 heterocycles. The van der Waals surface area contributed by atoms with Crippen molar-refractivity contribution >= 4 is 29.5 Å². The molecule has 1 aromatic carbocycles. The monoisotopic (exact) mass is 505 g/mol. The summed E-state index contributed by atoms with van der Waals surface area (Å²) < 4.78 is 7.61. The second-order valence-corrected chi connectivity index (χ2v) is 10.6. The third-order valence-electron chi connectivity index (χ3n) is 6.64. The average Bonchev–Trinajstić information content (AvgIpc) is 3.71. The molecular weight excluding hydrogens is 474 g/mol. The molecule has 2 aliphatic rings. The number of aromatic amines is 1. The number of ether oxygens (including phenoxy) is 1. The van der Waals surface area contributed by atoms with E-state index in [4.69, 9.17) is 4.74 Å². The number of hydrogen-bond acceptors (Lipinski definition) is 7. The first-order chi connectivity index (χ1) is 17.4. The van der Waals surface area contributed by atoms with Crippen molar-refractivity contribution in [2.45, 2.75) is 37.6 Å². The molecule has 36 heavy (non-hydrogen) atoms. The fraction of sp³-hybridized carbons (Fsp3) is 0.370. The van der Waals surface area contributed by atoms with E-state index in [0.717, 1.165) is 60.7 Å². The number of rotatable bonds is 7. The van der Waals surface area contributed by atoms with Crippen molar-refractivity contribution in [1.82, 2.24) is 14.3 Å². The number of piperazine rings is 1. The van der Waals surface area contributed by atoms with Crippen LogP contribution in [0.1, 0.15) is 25.3 Å². The number of nitrogens with zero attached hydrogens (tertiary/aromatic N) is 3. The maximum Gasteiger partial charge on any atom is 0.250 e. The number of hydrogen-bond donors (Lipinski definition) is 2. The number of H-pyrrole nitrogens is 1. The van der Waals surface area contributed by atoms with Gasteiger partial charge in [-0.15, -0.1) is 0 Å². The molecule has 1 aliphatic carbocycles. The van der Waals surface area contributed by atoms with Crippen LogP contribution >= 0.6 is 11.9 Å². The van der Waals surface area contributed by atoms with Crippen molar-refractivity contribution < 1.29 is 9.53 Å². The molecule has 2 fully saturated rings. The zero-order valence-electron chi connectivity index (χ0n) is 20.8. The second kappa shape index (κ2) is 10.4. The molecule has 8 nitrogen and oxygen atoms in total. The quantitative estimate of drug-likeness (QED) is 0.462. The first-order valence-corrected chi connectivity index (χ1v) is 13.0. The molecule has 1 aliphatic heterocycles. The van der Waals surface area contributed by atoms with Crippen LogP contribution in [0.3, 0.4) is 0 Å². The molecule has 1 saturated carbocycles. The first kappa shape index (κ1) is 24.4. The lowest BCUT2D eigenvalue weighted by molar-refractivity contribution is -0.117. The normalized spacial score (nSPS) is 18.2. The van der Waals surface area contributed by atoms with Gasteiger partial charge < -0.3 is 19.9 Å². The average molecular weight is 506 g/mol. The van der Waals surface area contributed by atoms with Crippen LogP contribution < -0.4 is 20.5 Å². The molecule has 0 spiro atoms. The van der Waals surface area contributed by atoms with Crippen molar-refractivity contribution in [3.8, 4) is 16.9 Å². The number of amides is 1. The highest BCUT2D eigenvalue weighted by Gasteiger charge is 2.30. The van der Waals surface area contributed by atoms with Gasteiger partial charge in [-0.25, -0.2) is 9.29 Å². The van der Waals surface area contributed by atoms with Crippen molar-refractivity contribution in [2.75, 3.05) is 37.0 Å². The SMILES string of the molecule is COc1ccc(SN2CCN(c3cc(-c4cc(NC(=O)C5CC5)ncc4C)cc(=O)[nH]3)C(C)C2)cc1. The van der Waals surface area contributed by atoms with Crippen LogP contribution in [0.25, 0.3) is 11.1 Å². The largest absolute Gasteiger partial charge is 0.497 e. The van der Waals surface area contributed by atoms with Gasteiger partial charge in [0.25, 0.3) is 0 Å². The molecule has 0 bridgehead atoms. The van der Waals surface area contributed by atoms with Crippen LogP contribution in [-0.4, -0.2) is 53.0 Å². The molecule has 1 amide bonds. The van der Waals surface area contributed by atoms with Gasteiger partial charge in [0.15, 0.2) is 0 Å². The molecule has 9 heteroatoms. The summed E-state index contributed by atoms with van der Waals surface area (Å²) in [5, 5.41) is 2.91. The smallest absolute Gasteiger partial charge is 0.250 e. The number of carbonyl (C=O) groups is 1. The number of methoxy groups -OCH3 is 1. The van der Waals surface area contributed by atoms with E-state index >= 15 is 0 Å². The molecule has 1 atom stereocenters. The Morgan fingerprint density at radius 3 is 2.64 bits per heavy atom. The van der Waals surface area contributed by atoms with E-state index in [-0.39, 0.29) is 23.4 Å². The zero-order chi connectivity index (χ0) is 25.2. The number of aromatic nitrogens is 2. The van der Waals surface area contributed by atoms with Crippen LogP contribution in [0, 0.1) is 12.8 Å². The number of aryl methyl sites for hydroxylation is 1. The summed E-state index contributed by atoms with van der Waals surface area (Å²) in [5.74, 6) is 2.29. The van der Waals surface area contributed by atoms with E-state index in [1.54, 1.807) is 31.3 Å². The first-order valence-electron chi connectivity index (χ1n) is 12.3. The number of nitrogens with one attached hydrogen (secondary N) is 2. The summed E-state index contributed by atoms with van der Waals surface area (Å²) >= 11 is 1.74. The highest BCUT2D eigenvalue weighted by atomic mass is 32.2. The van der Waals surface area contributed by atoms with E-state index in [1.165, 1.54) is 4.90 Å². The zero-order valence-corrected chi connectivity index (χ0v) is 21.6. The Labute approximate surface area is 215 Å². The minimum Gasteiger partial charge on any atom is -0.497 e. The summed E-state index contributed by atoms with van der Waals surface area (Å²) in [4.78, 5) is 35.7. The Morgan fingerprint density at radius 1 is 1.17 bits per heavy atom. The van der Waals surface area contributed by atoms with E-state index in [2.05, 4.69) is 43.5 Å². The Morgan fingerprint density at radius 2 is 1.94 bits per heavy atom. The summed E-state index contributed by atoms with van der Waals surface area (Å²) in [7, 11) is 1.67. The fourth-order valence-corrected chi connectivity index (χ4v) is 5.49. The molecule has 1 saturated heterocycles. The lowest BCUT2D eigenvalue weighted by Crippen LogP contribution is -2.50. The summed E-state index contributed by atoms with van der Waals surface area (Å²) in [5.41, 5.74) is 2.51. The summed E-state index contributed by atoms with van der Waals surface area (Å²) in [6.07, 6.45) is 3.62. The van der Waals surface area contributed by atoms with E-state index in [1.807, 2.05) is 31.2 Å². The van der Waals surface area contributed by atoms with Crippen molar-refractivity contribution in [3.63, 3.8) is 0 Å². The highest BCUT2D eigenvalue weighted by Crippen LogP contribution is 2.32. The summed E-state index contributed by atoms with van der Waals surface area (Å²) in [6.45, 7) is 6.65.